The smallest absolute Gasteiger partial charge is 0.263 e. The van der Waals surface area contributed by atoms with Crippen LogP contribution in [0.15, 0.2) is 39.3 Å². The number of nitrogens with zero attached hydrogens (tertiary/aromatic N) is 2. The molecule has 0 saturated carbocycles. The highest BCUT2D eigenvalue weighted by atomic mass is 35.5. The summed E-state index contributed by atoms with van der Waals surface area (Å²) in [6.07, 6.45) is 7.84. The Morgan fingerprint density at radius 2 is 2.39 bits per heavy atom. The molecule has 1 aromatic rings. The SMILES string of the molecule is O=C(CCl)/N=c1\sccn1CC1=C(Cl)C=CCC1. The molecule has 0 bridgehead atoms. The van der Waals surface area contributed by atoms with E-state index in [9.17, 15) is 4.79 Å². The van der Waals surface area contributed by atoms with Crippen molar-refractivity contribution in [3.63, 3.8) is 0 Å². The first-order valence-electron chi connectivity index (χ1n) is 5.52. The fraction of sp³-hybridized carbons (Fsp3) is 0.333. The van der Waals surface area contributed by atoms with Gasteiger partial charge in [0.15, 0.2) is 4.80 Å². The Morgan fingerprint density at radius 3 is 3.11 bits per heavy atom. The van der Waals surface area contributed by atoms with E-state index >= 15 is 0 Å². The summed E-state index contributed by atoms with van der Waals surface area (Å²) in [5.41, 5.74) is 1.16. The van der Waals surface area contributed by atoms with Crippen molar-refractivity contribution < 1.29 is 4.79 Å². The molecule has 0 atom stereocenters. The van der Waals surface area contributed by atoms with Crippen LogP contribution in [-0.4, -0.2) is 16.4 Å². The van der Waals surface area contributed by atoms with Crippen LogP contribution in [-0.2, 0) is 11.3 Å². The number of rotatable bonds is 3. The molecule has 0 radical (unpaired) electrons. The summed E-state index contributed by atoms with van der Waals surface area (Å²) < 4.78 is 1.92. The average molecular weight is 303 g/mol. The number of hydrogen-bond donors (Lipinski definition) is 0. The highest BCUT2D eigenvalue weighted by Crippen LogP contribution is 2.22. The van der Waals surface area contributed by atoms with E-state index in [0.29, 0.717) is 11.3 Å². The Balaban J connectivity index is 2.26. The number of carbonyl (C=O) groups is 1. The second-order valence-electron chi connectivity index (χ2n) is 3.85. The van der Waals surface area contributed by atoms with Gasteiger partial charge in [-0.3, -0.25) is 4.79 Å². The topological polar surface area (TPSA) is 34.4 Å². The molecule has 1 aliphatic rings. The van der Waals surface area contributed by atoms with Gasteiger partial charge in [-0.2, -0.15) is 4.99 Å². The first-order chi connectivity index (χ1) is 8.70. The summed E-state index contributed by atoms with van der Waals surface area (Å²) in [4.78, 5) is 15.8. The first kappa shape index (κ1) is 13.6. The number of allylic oxidation sites excluding steroid dienone is 4. The zero-order chi connectivity index (χ0) is 13.0. The molecule has 6 heteroatoms. The van der Waals surface area contributed by atoms with Crippen LogP contribution in [0.1, 0.15) is 12.8 Å². The third kappa shape index (κ3) is 3.34. The number of amides is 1. The lowest BCUT2D eigenvalue weighted by atomic mass is 10.1. The second kappa shape index (κ2) is 6.36. The standard InChI is InChI=1S/C12H12Cl2N2OS/c13-7-11(17)15-12-16(5-6-18-12)8-9-3-1-2-4-10(9)14/h2,4-6H,1,3,7-8H2/b15-12-. The van der Waals surface area contributed by atoms with Crippen molar-refractivity contribution in [3.05, 3.63) is 39.1 Å². The molecule has 0 aromatic carbocycles. The number of thiazole rings is 1. The summed E-state index contributed by atoms with van der Waals surface area (Å²) in [6, 6.07) is 0. The molecule has 0 spiro atoms. The predicted octanol–water partition coefficient (Wildman–Crippen LogP) is 3.06. The van der Waals surface area contributed by atoms with Crippen LogP contribution in [0.25, 0.3) is 0 Å². The Labute approximate surface area is 119 Å². The Morgan fingerprint density at radius 1 is 1.56 bits per heavy atom. The van der Waals surface area contributed by atoms with Gasteiger partial charge in [0.2, 0.25) is 0 Å². The number of hydrogen-bond acceptors (Lipinski definition) is 2. The molecule has 1 aliphatic carbocycles. The second-order valence-corrected chi connectivity index (χ2v) is 5.39. The summed E-state index contributed by atoms with van der Waals surface area (Å²) in [7, 11) is 0. The van der Waals surface area contributed by atoms with Gasteiger partial charge in [-0.25, -0.2) is 0 Å². The molecule has 0 saturated heterocycles. The molecule has 2 rings (SSSR count). The lowest BCUT2D eigenvalue weighted by Crippen LogP contribution is -2.18. The maximum atomic E-state index is 11.2. The first-order valence-corrected chi connectivity index (χ1v) is 7.31. The van der Waals surface area contributed by atoms with E-state index in [4.69, 9.17) is 23.2 Å². The average Bonchev–Trinajstić information content (AvgIpc) is 2.79. The number of alkyl halides is 1. The molecule has 1 heterocycles. The van der Waals surface area contributed by atoms with E-state index in [2.05, 4.69) is 11.1 Å². The van der Waals surface area contributed by atoms with Crippen LogP contribution >= 0.6 is 34.5 Å². The van der Waals surface area contributed by atoms with Crippen molar-refractivity contribution in [2.45, 2.75) is 19.4 Å². The monoisotopic (exact) mass is 302 g/mol. The lowest BCUT2D eigenvalue weighted by Gasteiger charge is -2.12. The number of carbonyl (C=O) groups excluding carboxylic acids is 1. The quantitative estimate of drug-likeness (QED) is 0.790. The van der Waals surface area contributed by atoms with Crippen molar-refractivity contribution in [2.75, 3.05) is 5.88 Å². The third-order valence-corrected chi connectivity index (χ3v) is 3.99. The Kier molecular flexibility index (Phi) is 4.80. The zero-order valence-electron chi connectivity index (χ0n) is 9.60. The molecule has 1 amide bonds. The van der Waals surface area contributed by atoms with E-state index in [1.165, 1.54) is 11.3 Å². The van der Waals surface area contributed by atoms with Gasteiger partial charge < -0.3 is 4.57 Å². The fourth-order valence-corrected chi connectivity index (χ4v) is 2.73. The highest BCUT2D eigenvalue weighted by molar-refractivity contribution is 7.07. The Bertz CT molecular complexity index is 569. The minimum Gasteiger partial charge on any atom is -0.319 e. The van der Waals surface area contributed by atoms with Gasteiger partial charge in [0.1, 0.15) is 5.88 Å². The minimum absolute atomic E-state index is 0.0932. The Hall–Kier alpha value is -0.840. The summed E-state index contributed by atoms with van der Waals surface area (Å²) in [5, 5.41) is 2.68. The lowest BCUT2D eigenvalue weighted by molar-refractivity contribution is -0.115. The molecule has 0 fully saturated rings. The van der Waals surface area contributed by atoms with Gasteiger partial charge in [-0.1, -0.05) is 17.7 Å². The molecule has 1 aromatic heterocycles. The fourth-order valence-electron chi connectivity index (χ4n) is 1.69. The largest absolute Gasteiger partial charge is 0.319 e. The van der Waals surface area contributed by atoms with Gasteiger partial charge in [-0.15, -0.1) is 22.9 Å². The molecule has 18 heavy (non-hydrogen) atoms. The van der Waals surface area contributed by atoms with Crippen LogP contribution in [0.2, 0.25) is 0 Å². The van der Waals surface area contributed by atoms with Crippen LogP contribution in [0, 0.1) is 0 Å². The van der Waals surface area contributed by atoms with Gasteiger partial charge in [-0.05, 0) is 24.5 Å². The van der Waals surface area contributed by atoms with Crippen molar-refractivity contribution >= 4 is 40.4 Å². The summed E-state index contributed by atoms with van der Waals surface area (Å²) in [5.74, 6) is -0.416. The van der Waals surface area contributed by atoms with E-state index < -0.39 is 0 Å². The minimum atomic E-state index is -0.323. The van der Waals surface area contributed by atoms with Crippen LogP contribution in [0.4, 0.5) is 0 Å². The molecular weight excluding hydrogens is 291 g/mol. The van der Waals surface area contributed by atoms with Gasteiger partial charge >= 0.3 is 0 Å². The molecule has 3 nitrogen and oxygen atoms in total. The predicted molar refractivity (Wildman–Crippen MR) is 74.9 cm³/mol. The van der Waals surface area contributed by atoms with Crippen LogP contribution < -0.4 is 4.80 Å². The van der Waals surface area contributed by atoms with E-state index in [-0.39, 0.29) is 11.8 Å². The van der Waals surface area contributed by atoms with Crippen molar-refractivity contribution in [1.29, 1.82) is 0 Å². The third-order valence-electron chi connectivity index (χ3n) is 2.57. The summed E-state index contributed by atoms with van der Waals surface area (Å²) in [6.45, 7) is 0.668. The van der Waals surface area contributed by atoms with Gasteiger partial charge in [0, 0.05) is 23.2 Å². The maximum absolute atomic E-state index is 11.2. The van der Waals surface area contributed by atoms with E-state index in [1.54, 1.807) is 0 Å². The van der Waals surface area contributed by atoms with E-state index in [0.717, 1.165) is 23.4 Å². The van der Waals surface area contributed by atoms with Gasteiger partial charge in [0.05, 0.1) is 0 Å². The van der Waals surface area contributed by atoms with Crippen molar-refractivity contribution in [2.24, 2.45) is 4.99 Å². The van der Waals surface area contributed by atoms with Crippen molar-refractivity contribution in [1.82, 2.24) is 4.57 Å². The van der Waals surface area contributed by atoms with Crippen LogP contribution in [0.3, 0.4) is 0 Å². The van der Waals surface area contributed by atoms with Crippen LogP contribution in [0.5, 0.6) is 0 Å². The number of aromatic nitrogens is 1. The summed E-state index contributed by atoms with van der Waals surface area (Å²) >= 11 is 13.0. The van der Waals surface area contributed by atoms with Gasteiger partial charge in [0.25, 0.3) is 5.91 Å². The normalized spacial score (nSPS) is 16.4. The van der Waals surface area contributed by atoms with E-state index in [1.807, 2.05) is 22.2 Å². The molecule has 0 N–H and O–H groups in total. The van der Waals surface area contributed by atoms with Crippen molar-refractivity contribution in [3.8, 4) is 0 Å². The zero-order valence-corrected chi connectivity index (χ0v) is 11.9. The maximum Gasteiger partial charge on any atom is 0.263 e. The highest BCUT2D eigenvalue weighted by Gasteiger charge is 2.08. The number of halogens is 2. The molecule has 0 unspecified atom stereocenters. The molecule has 0 aliphatic heterocycles. The molecular formula is C12H12Cl2N2OS. The molecule has 96 valence electrons.